The molecular formula is C10H15BrN2OS. The molecule has 0 aromatic carbocycles. The highest BCUT2D eigenvalue weighted by atomic mass is 79.9. The Morgan fingerprint density at radius 2 is 2.47 bits per heavy atom. The Hall–Kier alpha value is 0.0600. The molecule has 3 nitrogen and oxygen atoms in total. The van der Waals surface area contributed by atoms with Crippen LogP contribution in [-0.2, 0) is 4.74 Å². The fourth-order valence-electron chi connectivity index (χ4n) is 2.02. The maximum Gasteiger partial charge on any atom is 0.0809 e. The number of nitrogens with two attached hydrogens (primary N) is 1. The summed E-state index contributed by atoms with van der Waals surface area (Å²) in [5, 5.41) is 4.18. The third kappa shape index (κ3) is 2.26. The van der Waals surface area contributed by atoms with Crippen LogP contribution < -0.4 is 11.3 Å². The smallest absolute Gasteiger partial charge is 0.0809 e. The van der Waals surface area contributed by atoms with Gasteiger partial charge in [0.25, 0.3) is 0 Å². The van der Waals surface area contributed by atoms with Crippen molar-refractivity contribution in [2.24, 2.45) is 11.8 Å². The van der Waals surface area contributed by atoms with E-state index >= 15 is 0 Å². The van der Waals surface area contributed by atoms with Gasteiger partial charge in [-0.25, -0.2) is 0 Å². The first-order valence-corrected chi connectivity index (χ1v) is 6.77. The van der Waals surface area contributed by atoms with Gasteiger partial charge in [-0.15, -0.1) is 0 Å². The second-order valence-corrected chi connectivity index (χ2v) is 5.52. The minimum absolute atomic E-state index is 0.0862. The zero-order valence-electron chi connectivity index (χ0n) is 8.57. The Balaban J connectivity index is 2.20. The van der Waals surface area contributed by atoms with E-state index in [1.54, 1.807) is 11.3 Å². The molecule has 1 saturated heterocycles. The van der Waals surface area contributed by atoms with Crippen LogP contribution in [-0.4, -0.2) is 12.7 Å². The molecule has 0 radical (unpaired) electrons. The van der Waals surface area contributed by atoms with Crippen LogP contribution in [0.2, 0.25) is 0 Å². The van der Waals surface area contributed by atoms with E-state index < -0.39 is 0 Å². The van der Waals surface area contributed by atoms with E-state index in [0.29, 0.717) is 5.92 Å². The zero-order chi connectivity index (χ0) is 10.8. The third-order valence-corrected chi connectivity index (χ3v) is 4.68. The Kier molecular flexibility index (Phi) is 3.79. The molecule has 3 unspecified atom stereocenters. The van der Waals surface area contributed by atoms with Crippen molar-refractivity contribution >= 4 is 27.3 Å². The second kappa shape index (κ2) is 4.93. The van der Waals surface area contributed by atoms with E-state index in [9.17, 15) is 0 Å². The van der Waals surface area contributed by atoms with Crippen molar-refractivity contribution in [2.75, 3.05) is 6.61 Å². The molecule has 1 fully saturated rings. The lowest BCUT2D eigenvalue weighted by atomic mass is 9.94. The lowest BCUT2D eigenvalue weighted by Crippen LogP contribution is -2.38. The number of thiophene rings is 1. The van der Waals surface area contributed by atoms with Gasteiger partial charge in [0, 0.05) is 16.5 Å². The second-order valence-electron chi connectivity index (χ2n) is 3.92. The Morgan fingerprint density at radius 1 is 1.67 bits per heavy atom. The summed E-state index contributed by atoms with van der Waals surface area (Å²) in [5.41, 5.74) is 4.06. The summed E-state index contributed by atoms with van der Waals surface area (Å²) >= 11 is 5.21. The molecular weight excluding hydrogens is 276 g/mol. The van der Waals surface area contributed by atoms with E-state index in [0.717, 1.165) is 17.5 Å². The number of hydrogen-bond donors (Lipinski definition) is 2. The van der Waals surface area contributed by atoms with E-state index in [2.05, 4.69) is 39.0 Å². The van der Waals surface area contributed by atoms with Gasteiger partial charge in [0.1, 0.15) is 0 Å². The van der Waals surface area contributed by atoms with Crippen molar-refractivity contribution in [3.63, 3.8) is 0 Å². The molecule has 3 N–H and O–H groups in total. The first-order chi connectivity index (χ1) is 7.24. The largest absolute Gasteiger partial charge is 0.376 e. The predicted octanol–water partition coefficient (Wildman–Crippen LogP) is 2.44. The normalized spacial score (nSPS) is 28.2. The number of rotatable bonds is 3. The molecule has 1 aromatic heterocycles. The number of ether oxygens (including phenoxy) is 1. The summed E-state index contributed by atoms with van der Waals surface area (Å²) in [6, 6.07) is 0.0862. The standard InChI is InChI=1S/C10H15BrN2OS/c1-6-2-3-14-10(6)9(13-12)7-4-15-5-8(7)11/h4-6,9-10,13H,2-3,12H2,1H3. The molecule has 0 saturated carbocycles. The number of hydrogen-bond acceptors (Lipinski definition) is 4. The van der Waals surface area contributed by atoms with Gasteiger partial charge in [0.2, 0.25) is 0 Å². The number of nitrogens with one attached hydrogen (secondary N) is 1. The molecule has 2 heterocycles. The van der Waals surface area contributed by atoms with Gasteiger partial charge in [0.15, 0.2) is 0 Å². The van der Waals surface area contributed by atoms with E-state index in [1.807, 2.05) is 0 Å². The van der Waals surface area contributed by atoms with Gasteiger partial charge in [-0.1, -0.05) is 6.92 Å². The van der Waals surface area contributed by atoms with E-state index in [-0.39, 0.29) is 12.1 Å². The highest BCUT2D eigenvalue weighted by Gasteiger charge is 2.33. The van der Waals surface area contributed by atoms with Gasteiger partial charge in [-0.2, -0.15) is 11.3 Å². The molecule has 0 spiro atoms. The maximum absolute atomic E-state index is 5.74. The average molecular weight is 291 g/mol. The first kappa shape index (κ1) is 11.5. The van der Waals surface area contributed by atoms with Crippen molar-refractivity contribution in [1.29, 1.82) is 0 Å². The summed E-state index contributed by atoms with van der Waals surface area (Å²) in [4.78, 5) is 0. The summed E-state index contributed by atoms with van der Waals surface area (Å²) in [7, 11) is 0. The zero-order valence-corrected chi connectivity index (χ0v) is 11.0. The van der Waals surface area contributed by atoms with Crippen LogP contribution in [0.25, 0.3) is 0 Å². The molecule has 15 heavy (non-hydrogen) atoms. The SMILES string of the molecule is CC1CCOC1C(NN)c1cscc1Br. The van der Waals surface area contributed by atoms with Crippen LogP contribution in [0.5, 0.6) is 0 Å². The lowest BCUT2D eigenvalue weighted by Gasteiger charge is -2.25. The Bertz CT molecular complexity index is 331. The highest BCUT2D eigenvalue weighted by molar-refractivity contribution is 9.10. The Labute approximate surface area is 102 Å². The molecule has 0 amide bonds. The molecule has 84 valence electrons. The van der Waals surface area contributed by atoms with Crippen LogP contribution in [0.15, 0.2) is 15.2 Å². The van der Waals surface area contributed by atoms with Gasteiger partial charge in [-0.3, -0.25) is 11.3 Å². The summed E-state index contributed by atoms with van der Waals surface area (Å²) in [6.45, 7) is 3.05. The third-order valence-electron chi connectivity index (χ3n) is 2.93. The summed E-state index contributed by atoms with van der Waals surface area (Å²) in [5.74, 6) is 6.18. The summed E-state index contributed by atoms with van der Waals surface area (Å²) in [6.07, 6.45) is 1.30. The van der Waals surface area contributed by atoms with E-state index in [1.165, 1.54) is 5.56 Å². The van der Waals surface area contributed by atoms with Crippen molar-refractivity contribution in [3.8, 4) is 0 Å². The van der Waals surface area contributed by atoms with Crippen LogP contribution in [0.1, 0.15) is 24.9 Å². The van der Waals surface area contributed by atoms with Gasteiger partial charge >= 0.3 is 0 Å². The molecule has 1 aliphatic rings. The van der Waals surface area contributed by atoms with Crippen LogP contribution in [0.4, 0.5) is 0 Å². The minimum atomic E-state index is 0.0862. The lowest BCUT2D eigenvalue weighted by molar-refractivity contribution is 0.0606. The van der Waals surface area contributed by atoms with Gasteiger partial charge in [0.05, 0.1) is 12.1 Å². The van der Waals surface area contributed by atoms with Crippen molar-refractivity contribution in [1.82, 2.24) is 5.43 Å². The first-order valence-electron chi connectivity index (χ1n) is 5.03. The van der Waals surface area contributed by atoms with Crippen molar-refractivity contribution < 1.29 is 4.74 Å². The van der Waals surface area contributed by atoms with Crippen LogP contribution in [0, 0.1) is 5.92 Å². The number of hydrazine groups is 1. The minimum Gasteiger partial charge on any atom is -0.376 e. The van der Waals surface area contributed by atoms with Crippen LogP contribution in [0.3, 0.4) is 0 Å². The molecule has 3 atom stereocenters. The van der Waals surface area contributed by atoms with Crippen molar-refractivity contribution in [2.45, 2.75) is 25.5 Å². The van der Waals surface area contributed by atoms with Gasteiger partial charge < -0.3 is 4.74 Å². The van der Waals surface area contributed by atoms with Crippen LogP contribution >= 0.6 is 27.3 Å². The average Bonchev–Trinajstić information content (AvgIpc) is 2.80. The Morgan fingerprint density at radius 3 is 2.93 bits per heavy atom. The molecule has 1 aromatic rings. The molecule has 5 heteroatoms. The van der Waals surface area contributed by atoms with E-state index in [4.69, 9.17) is 10.6 Å². The highest BCUT2D eigenvalue weighted by Crippen LogP contribution is 2.35. The fraction of sp³-hybridized carbons (Fsp3) is 0.600. The quantitative estimate of drug-likeness (QED) is 0.664. The number of halogens is 1. The fourth-order valence-corrected chi connectivity index (χ4v) is 3.60. The predicted molar refractivity (Wildman–Crippen MR) is 65.6 cm³/mol. The summed E-state index contributed by atoms with van der Waals surface area (Å²) < 4.78 is 6.85. The molecule has 0 bridgehead atoms. The molecule has 0 aliphatic carbocycles. The monoisotopic (exact) mass is 290 g/mol. The molecule has 1 aliphatic heterocycles. The maximum atomic E-state index is 5.74. The molecule has 2 rings (SSSR count). The topological polar surface area (TPSA) is 47.3 Å². The van der Waals surface area contributed by atoms with Crippen molar-refractivity contribution in [3.05, 3.63) is 20.8 Å². The van der Waals surface area contributed by atoms with Gasteiger partial charge in [-0.05, 0) is 39.2 Å².